The van der Waals surface area contributed by atoms with Crippen molar-refractivity contribution in [2.45, 2.75) is 4.90 Å². The highest BCUT2D eigenvalue weighted by Gasteiger charge is 2.15. The Morgan fingerprint density at radius 2 is 1.86 bits per heavy atom. The summed E-state index contributed by atoms with van der Waals surface area (Å²) in [6.45, 7) is 0. The van der Waals surface area contributed by atoms with Crippen molar-refractivity contribution in [3.63, 3.8) is 0 Å². The SMILES string of the molecule is CSc1ccccc1C(=O)Nc1ccc(I)cc1C(=O)O. The fraction of sp³-hybridized carbons (Fsp3) is 0.0667. The Morgan fingerprint density at radius 3 is 2.52 bits per heavy atom. The molecule has 1 amide bonds. The first-order chi connectivity index (χ1) is 10.0. The zero-order valence-corrected chi connectivity index (χ0v) is 14.1. The molecule has 0 aliphatic rings. The lowest BCUT2D eigenvalue weighted by molar-refractivity contribution is 0.0698. The smallest absolute Gasteiger partial charge is 0.337 e. The van der Waals surface area contributed by atoms with E-state index in [0.717, 1.165) is 8.47 Å². The van der Waals surface area contributed by atoms with Crippen LogP contribution in [0.4, 0.5) is 5.69 Å². The van der Waals surface area contributed by atoms with Crippen LogP contribution >= 0.6 is 34.4 Å². The van der Waals surface area contributed by atoms with Gasteiger partial charge in [-0.15, -0.1) is 11.8 Å². The minimum Gasteiger partial charge on any atom is -0.478 e. The topological polar surface area (TPSA) is 66.4 Å². The zero-order chi connectivity index (χ0) is 15.4. The van der Waals surface area contributed by atoms with Gasteiger partial charge in [0.1, 0.15) is 0 Å². The Labute approximate surface area is 140 Å². The first-order valence-electron chi connectivity index (χ1n) is 6.00. The second-order valence-electron chi connectivity index (χ2n) is 4.15. The summed E-state index contributed by atoms with van der Waals surface area (Å²) in [4.78, 5) is 24.4. The molecule has 108 valence electrons. The molecule has 0 spiro atoms. The van der Waals surface area contributed by atoms with Gasteiger partial charge < -0.3 is 10.4 Å². The van der Waals surface area contributed by atoms with E-state index in [2.05, 4.69) is 5.32 Å². The van der Waals surface area contributed by atoms with Crippen molar-refractivity contribution in [1.29, 1.82) is 0 Å². The van der Waals surface area contributed by atoms with Crippen molar-refractivity contribution < 1.29 is 14.7 Å². The Balaban J connectivity index is 2.34. The van der Waals surface area contributed by atoms with Crippen molar-refractivity contribution in [3.05, 3.63) is 57.2 Å². The number of halogens is 1. The van der Waals surface area contributed by atoms with E-state index in [1.165, 1.54) is 17.8 Å². The number of anilines is 1. The Morgan fingerprint density at radius 1 is 1.14 bits per heavy atom. The van der Waals surface area contributed by atoms with Crippen LogP contribution in [0.15, 0.2) is 47.4 Å². The van der Waals surface area contributed by atoms with Gasteiger partial charge in [-0.3, -0.25) is 4.79 Å². The summed E-state index contributed by atoms with van der Waals surface area (Å²) in [7, 11) is 0. The van der Waals surface area contributed by atoms with Crippen molar-refractivity contribution in [1.82, 2.24) is 0 Å². The Kier molecular flexibility index (Phi) is 5.24. The van der Waals surface area contributed by atoms with Crippen molar-refractivity contribution in [2.75, 3.05) is 11.6 Å². The number of hydrogen-bond acceptors (Lipinski definition) is 3. The van der Waals surface area contributed by atoms with Gasteiger partial charge in [0.15, 0.2) is 0 Å². The second kappa shape index (κ2) is 6.95. The van der Waals surface area contributed by atoms with E-state index in [0.29, 0.717) is 11.3 Å². The van der Waals surface area contributed by atoms with Gasteiger partial charge >= 0.3 is 5.97 Å². The van der Waals surface area contributed by atoms with Gasteiger partial charge in [0.25, 0.3) is 5.91 Å². The van der Waals surface area contributed by atoms with Gasteiger partial charge in [0, 0.05) is 8.47 Å². The van der Waals surface area contributed by atoms with E-state index in [4.69, 9.17) is 0 Å². The van der Waals surface area contributed by atoms with E-state index < -0.39 is 5.97 Å². The molecule has 2 rings (SSSR count). The predicted molar refractivity (Wildman–Crippen MR) is 92.3 cm³/mol. The van der Waals surface area contributed by atoms with E-state index in [1.54, 1.807) is 24.3 Å². The van der Waals surface area contributed by atoms with Crippen LogP contribution in [0, 0.1) is 3.57 Å². The van der Waals surface area contributed by atoms with Gasteiger partial charge in [-0.1, -0.05) is 12.1 Å². The summed E-state index contributed by atoms with van der Waals surface area (Å²) in [6.07, 6.45) is 1.89. The van der Waals surface area contributed by atoms with Crippen LogP contribution in [-0.4, -0.2) is 23.2 Å². The van der Waals surface area contributed by atoms with Gasteiger partial charge in [-0.05, 0) is 59.2 Å². The third kappa shape index (κ3) is 3.76. The van der Waals surface area contributed by atoms with Crippen molar-refractivity contribution >= 4 is 51.9 Å². The number of carbonyl (C=O) groups is 2. The van der Waals surface area contributed by atoms with Gasteiger partial charge in [0.05, 0.1) is 16.8 Å². The maximum Gasteiger partial charge on any atom is 0.337 e. The van der Waals surface area contributed by atoms with Crippen LogP contribution in [0.3, 0.4) is 0 Å². The number of thioether (sulfide) groups is 1. The number of nitrogens with one attached hydrogen (secondary N) is 1. The summed E-state index contributed by atoms with van der Waals surface area (Å²) in [6, 6.07) is 12.1. The van der Waals surface area contributed by atoms with Crippen molar-refractivity contribution in [3.8, 4) is 0 Å². The van der Waals surface area contributed by atoms with Crippen LogP contribution in [0.2, 0.25) is 0 Å². The zero-order valence-electron chi connectivity index (χ0n) is 11.1. The first kappa shape index (κ1) is 15.8. The molecule has 21 heavy (non-hydrogen) atoms. The number of aromatic carboxylic acids is 1. The number of hydrogen-bond donors (Lipinski definition) is 2. The Hall–Kier alpha value is -1.54. The lowest BCUT2D eigenvalue weighted by atomic mass is 10.1. The summed E-state index contributed by atoms with van der Waals surface area (Å²) in [5, 5.41) is 11.9. The molecule has 0 aromatic heterocycles. The van der Waals surface area contributed by atoms with E-state index in [9.17, 15) is 14.7 Å². The lowest BCUT2D eigenvalue weighted by Gasteiger charge is -2.11. The summed E-state index contributed by atoms with van der Waals surface area (Å²) in [5.74, 6) is -1.38. The molecule has 2 N–H and O–H groups in total. The largest absolute Gasteiger partial charge is 0.478 e. The van der Waals surface area contributed by atoms with E-state index in [-0.39, 0.29) is 11.5 Å². The number of rotatable bonds is 4. The molecule has 0 atom stereocenters. The summed E-state index contributed by atoms with van der Waals surface area (Å²) < 4.78 is 0.799. The van der Waals surface area contributed by atoms with E-state index >= 15 is 0 Å². The molecule has 6 heteroatoms. The van der Waals surface area contributed by atoms with Gasteiger partial charge in [0.2, 0.25) is 0 Å². The summed E-state index contributed by atoms with van der Waals surface area (Å²) >= 11 is 3.50. The van der Waals surface area contributed by atoms with Crippen LogP contribution in [-0.2, 0) is 0 Å². The number of carboxylic acid groups (broad SMARTS) is 1. The van der Waals surface area contributed by atoms with Crippen LogP contribution < -0.4 is 5.32 Å². The minimum atomic E-state index is -1.07. The van der Waals surface area contributed by atoms with Crippen molar-refractivity contribution in [2.24, 2.45) is 0 Å². The number of carboxylic acids is 1. The maximum atomic E-state index is 12.3. The molecule has 0 aliphatic carbocycles. The molecule has 0 aliphatic heterocycles. The number of benzene rings is 2. The molecule has 0 saturated carbocycles. The molecule has 0 bridgehead atoms. The molecule has 0 unspecified atom stereocenters. The minimum absolute atomic E-state index is 0.0804. The average molecular weight is 413 g/mol. The standard InChI is InChI=1S/C15H12INO3S/c1-21-13-5-3-2-4-10(13)14(18)17-12-7-6-9(16)8-11(12)15(19)20/h2-8H,1H3,(H,17,18)(H,19,20). The fourth-order valence-corrected chi connectivity index (χ4v) is 2.91. The quantitative estimate of drug-likeness (QED) is 0.588. The molecule has 2 aromatic rings. The molecule has 0 fully saturated rings. The average Bonchev–Trinajstić information content (AvgIpc) is 2.48. The Bertz CT molecular complexity index is 703. The maximum absolute atomic E-state index is 12.3. The molecule has 0 radical (unpaired) electrons. The van der Waals surface area contributed by atoms with E-state index in [1.807, 2.05) is 41.0 Å². The van der Waals surface area contributed by atoms with Crippen LogP contribution in [0.5, 0.6) is 0 Å². The first-order valence-corrected chi connectivity index (χ1v) is 8.30. The summed E-state index contributed by atoms with van der Waals surface area (Å²) in [5.41, 5.74) is 0.903. The predicted octanol–water partition coefficient (Wildman–Crippen LogP) is 3.96. The van der Waals surface area contributed by atoms with Crippen LogP contribution in [0.25, 0.3) is 0 Å². The molecular weight excluding hydrogens is 401 g/mol. The third-order valence-electron chi connectivity index (χ3n) is 2.81. The number of amides is 1. The molecular formula is C15H12INO3S. The normalized spacial score (nSPS) is 10.2. The van der Waals surface area contributed by atoms with Crippen LogP contribution in [0.1, 0.15) is 20.7 Å². The fourth-order valence-electron chi connectivity index (χ4n) is 1.82. The number of carbonyl (C=O) groups excluding carboxylic acids is 1. The highest BCUT2D eigenvalue weighted by atomic mass is 127. The monoisotopic (exact) mass is 413 g/mol. The molecule has 0 saturated heterocycles. The molecule has 4 nitrogen and oxygen atoms in total. The highest BCUT2D eigenvalue weighted by molar-refractivity contribution is 14.1. The van der Waals surface area contributed by atoms with Gasteiger partial charge in [-0.25, -0.2) is 4.79 Å². The lowest BCUT2D eigenvalue weighted by Crippen LogP contribution is -2.15. The highest BCUT2D eigenvalue weighted by Crippen LogP contribution is 2.23. The molecule has 2 aromatic carbocycles. The molecule has 0 heterocycles. The van der Waals surface area contributed by atoms with Gasteiger partial charge in [-0.2, -0.15) is 0 Å². The second-order valence-corrected chi connectivity index (χ2v) is 6.24. The third-order valence-corrected chi connectivity index (χ3v) is 4.28.